The number of hydrogen-bond acceptors (Lipinski definition) is 6. The van der Waals surface area contributed by atoms with E-state index < -0.39 is 15.8 Å². The summed E-state index contributed by atoms with van der Waals surface area (Å²) in [6, 6.07) is 0. The quantitative estimate of drug-likeness (QED) is 0.773. The van der Waals surface area contributed by atoms with Crippen molar-refractivity contribution < 1.29 is 18.3 Å². The second-order valence-electron chi connectivity index (χ2n) is 8.56. The molecule has 0 radical (unpaired) electrons. The molecular formula is C20H29N3O4S. The molecule has 0 unspecified atom stereocenters. The molecule has 3 aliphatic rings. The highest BCUT2D eigenvalue weighted by Crippen LogP contribution is 2.38. The fourth-order valence-corrected chi connectivity index (χ4v) is 6.38. The zero-order valence-electron chi connectivity index (χ0n) is 16.3. The summed E-state index contributed by atoms with van der Waals surface area (Å²) in [4.78, 5) is 22.5. The number of carboxylic acid groups (broad SMARTS) is 1. The van der Waals surface area contributed by atoms with Crippen molar-refractivity contribution in [1.82, 2.24) is 9.97 Å². The number of nitrogens with zero attached hydrogens (tertiary/aromatic N) is 3. The van der Waals surface area contributed by atoms with Crippen LogP contribution in [-0.2, 0) is 26.1 Å². The third-order valence-electron chi connectivity index (χ3n) is 6.45. The van der Waals surface area contributed by atoms with E-state index in [-0.39, 0.29) is 17.9 Å². The van der Waals surface area contributed by atoms with E-state index in [4.69, 9.17) is 10.1 Å². The third-order valence-corrected chi connectivity index (χ3v) is 7.89. The molecule has 0 aromatic carbocycles. The van der Waals surface area contributed by atoms with Crippen molar-refractivity contribution >= 4 is 21.6 Å². The van der Waals surface area contributed by atoms with E-state index in [1.165, 1.54) is 12.8 Å². The maximum atomic E-state index is 12.2. The Morgan fingerprint density at radius 2 is 1.79 bits per heavy atom. The summed E-state index contributed by atoms with van der Waals surface area (Å²) < 4.78 is 24.5. The molecule has 2 fully saturated rings. The van der Waals surface area contributed by atoms with E-state index in [1.807, 2.05) is 0 Å². The minimum absolute atomic E-state index is 0.0449. The number of sulfone groups is 1. The number of carboxylic acids is 1. The van der Waals surface area contributed by atoms with E-state index >= 15 is 0 Å². The van der Waals surface area contributed by atoms with Crippen LogP contribution in [0, 0.1) is 5.92 Å². The maximum absolute atomic E-state index is 12.2. The van der Waals surface area contributed by atoms with Crippen LogP contribution in [-0.4, -0.2) is 42.6 Å². The summed E-state index contributed by atoms with van der Waals surface area (Å²) in [6.45, 7) is 1.71. The van der Waals surface area contributed by atoms with Crippen LogP contribution in [0.3, 0.4) is 0 Å². The van der Waals surface area contributed by atoms with Crippen LogP contribution in [0.1, 0.15) is 80.8 Å². The molecule has 0 atom stereocenters. The molecule has 1 saturated carbocycles. The van der Waals surface area contributed by atoms with Gasteiger partial charge in [-0.3, -0.25) is 4.79 Å². The number of hydrogen-bond donors (Lipinski definition) is 1. The largest absolute Gasteiger partial charge is 0.481 e. The predicted molar refractivity (Wildman–Crippen MR) is 106 cm³/mol. The highest BCUT2D eigenvalue weighted by molar-refractivity contribution is 7.90. The van der Waals surface area contributed by atoms with Gasteiger partial charge in [-0.25, -0.2) is 18.4 Å². The van der Waals surface area contributed by atoms with Crippen molar-refractivity contribution in [1.29, 1.82) is 0 Å². The van der Waals surface area contributed by atoms with Gasteiger partial charge in [0.1, 0.15) is 11.6 Å². The number of rotatable bonds is 6. The second-order valence-corrected chi connectivity index (χ2v) is 10.6. The van der Waals surface area contributed by atoms with Gasteiger partial charge in [0, 0.05) is 31.0 Å². The van der Waals surface area contributed by atoms with Gasteiger partial charge in [0.05, 0.1) is 17.2 Å². The van der Waals surface area contributed by atoms with Crippen LogP contribution >= 0.6 is 0 Å². The average Bonchev–Trinajstić information content (AvgIpc) is 3.27. The molecule has 0 spiro atoms. The van der Waals surface area contributed by atoms with Gasteiger partial charge in [-0.1, -0.05) is 12.8 Å². The normalized spacial score (nSPS) is 22.5. The lowest BCUT2D eigenvalue weighted by Gasteiger charge is -2.34. The SMILES string of the molecule is O=C(O)CCCC1CCN(c2nc(C3CCCC3)nc3c2CS(=O)(=O)C3)CC1. The van der Waals surface area contributed by atoms with Gasteiger partial charge in [0.2, 0.25) is 0 Å². The topological polar surface area (TPSA) is 100 Å². The molecule has 4 rings (SSSR count). The molecule has 0 bridgehead atoms. The lowest BCUT2D eigenvalue weighted by atomic mass is 9.91. The lowest BCUT2D eigenvalue weighted by molar-refractivity contribution is -0.137. The molecule has 3 heterocycles. The smallest absolute Gasteiger partial charge is 0.303 e. The molecule has 0 amide bonds. The molecule has 28 heavy (non-hydrogen) atoms. The monoisotopic (exact) mass is 407 g/mol. The average molecular weight is 408 g/mol. The fraction of sp³-hybridized carbons (Fsp3) is 0.750. The van der Waals surface area contributed by atoms with Gasteiger partial charge in [-0.05, 0) is 44.4 Å². The van der Waals surface area contributed by atoms with E-state index in [0.717, 1.165) is 74.5 Å². The molecular weight excluding hydrogens is 378 g/mol. The number of aromatic nitrogens is 2. The van der Waals surface area contributed by atoms with Crippen molar-refractivity contribution in [2.24, 2.45) is 5.92 Å². The second kappa shape index (κ2) is 7.97. The Morgan fingerprint density at radius 1 is 1.07 bits per heavy atom. The van der Waals surface area contributed by atoms with E-state index in [9.17, 15) is 13.2 Å². The maximum Gasteiger partial charge on any atom is 0.303 e. The van der Waals surface area contributed by atoms with Crippen molar-refractivity contribution in [3.63, 3.8) is 0 Å². The van der Waals surface area contributed by atoms with Crippen molar-refractivity contribution in [3.8, 4) is 0 Å². The lowest BCUT2D eigenvalue weighted by Crippen LogP contribution is -2.35. The Kier molecular flexibility index (Phi) is 5.58. The first-order valence-electron chi connectivity index (χ1n) is 10.5. The van der Waals surface area contributed by atoms with Gasteiger partial charge in [0.25, 0.3) is 0 Å². The Morgan fingerprint density at radius 3 is 2.46 bits per heavy atom. The summed E-state index contributed by atoms with van der Waals surface area (Å²) in [5.74, 6) is 1.97. The van der Waals surface area contributed by atoms with Crippen molar-refractivity contribution in [2.45, 2.75) is 75.2 Å². The summed E-state index contributed by atoms with van der Waals surface area (Å²) in [7, 11) is -3.12. The Labute approximate surface area is 166 Å². The van der Waals surface area contributed by atoms with Crippen molar-refractivity contribution in [3.05, 3.63) is 17.1 Å². The molecule has 1 aromatic rings. The van der Waals surface area contributed by atoms with Gasteiger partial charge in [-0.15, -0.1) is 0 Å². The van der Waals surface area contributed by atoms with E-state index in [1.54, 1.807) is 0 Å². The fourth-order valence-electron chi connectivity index (χ4n) is 4.89. The number of aliphatic carboxylic acids is 1. The molecule has 7 nitrogen and oxygen atoms in total. The Hall–Kier alpha value is -1.70. The van der Waals surface area contributed by atoms with E-state index in [0.29, 0.717) is 11.8 Å². The molecule has 1 aliphatic carbocycles. The Bertz CT molecular complexity index is 841. The number of piperidine rings is 1. The van der Waals surface area contributed by atoms with Crippen LogP contribution < -0.4 is 4.90 Å². The van der Waals surface area contributed by atoms with Crippen LogP contribution in [0.2, 0.25) is 0 Å². The highest BCUT2D eigenvalue weighted by Gasteiger charge is 2.34. The predicted octanol–water partition coefficient (Wildman–Crippen LogP) is 3.03. The zero-order valence-corrected chi connectivity index (χ0v) is 17.1. The minimum atomic E-state index is -3.12. The van der Waals surface area contributed by atoms with Gasteiger partial charge in [-0.2, -0.15) is 0 Å². The molecule has 1 N–H and O–H groups in total. The van der Waals surface area contributed by atoms with Crippen molar-refractivity contribution in [2.75, 3.05) is 18.0 Å². The Balaban J connectivity index is 1.50. The summed E-state index contributed by atoms with van der Waals surface area (Å²) in [5.41, 5.74) is 1.53. The van der Waals surface area contributed by atoms with Crippen LogP contribution in [0.5, 0.6) is 0 Å². The number of fused-ring (bicyclic) bond motifs is 1. The van der Waals surface area contributed by atoms with E-state index in [2.05, 4.69) is 9.88 Å². The number of anilines is 1. The molecule has 1 aromatic heterocycles. The summed E-state index contributed by atoms with van der Waals surface area (Å²) in [6.07, 6.45) is 8.50. The molecule has 1 saturated heterocycles. The number of carbonyl (C=O) groups is 1. The first-order valence-corrected chi connectivity index (χ1v) is 12.3. The molecule has 8 heteroatoms. The minimum Gasteiger partial charge on any atom is -0.481 e. The zero-order chi connectivity index (χ0) is 19.7. The van der Waals surface area contributed by atoms with Crippen LogP contribution in [0.15, 0.2) is 0 Å². The summed E-state index contributed by atoms with van der Waals surface area (Å²) in [5, 5.41) is 8.81. The van der Waals surface area contributed by atoms with Gasteiger partial charge >= 0.3 is 5.97 Å². The van der Waals surface area contributed by atoms with Crippen LogP contribution in [0.25, 0.3) is 0 Å². The summed E-state index contributed by atoms with van der Waals surface area (Å²) >= 11 is 0. The van der Waals surface area contributed by atoms with Gasteiger partial charge < -0.3 is 10.0 Å². The highest BCUT2D eigenvalue weighted by atomic mass is 32.2. The molecule has 2 aliphatic heterocycles. The van der Waals surface area contributed by atoms with Crippen LogP contribution in [0.4, 0.5) is 5.82 Å². The standard InChI is InChI=1S/C20H29N3O4S/c24-18(25)7-3-4-14-8-10-23(11-9-14)20-16-12-28(26,27)13-17(16)21-19(22-20)15-5-1-2-6-15/h14-15H,1-13H2,(H,24,25). The molecule has 154 valence electrons. The first kappa shape index (κ1) is 19.6. The van der Waals surface area contributed by atoms with Gasteiger partial charge in [0.15, 0.2) is 9.84 Å². The first-order chi connectivity index (χ1) is 13.4. The third kappa shape index (κ3) is 4.31.